The molecular formula is C34H32FN5O9S. The molecule has 0 bridgehead atoms. The number of carboxylic acids is 2. The number of β-lactam (4-membered cyclic amide) rings is 1. The van der Waals surface area contributed by atoms with E-state index in [4.69, 9.17) is 4.74 Å². The van der Waals surface area contributed by atoms with E-state index >= 15 is 4.39 Å². The monoisotopic (exact) mass is 705 g/mol. The standard InChI is InChI=1S/C34H32FN5O9S/c35-23-13-21-24(39(20-6-7-20)15-22(29(21)42)32(44)45)14-25(23)37-8-10-38(11-9-37)34(48)49-16-19-17-50-31-27(30(43)40(31)28(19)33(46)47)36-26(41)12-18-4-2-1-3-5-18/h1-5,13-15,20,27,31H,6-12,16-17H2,(H,36,41)(H,44,45)(H,46,47)/t27-,31-/m1/s1. The van der Waals surface area contributed by atoms with Crippen LogP contribution in [0.2, 0.25) is 0 Å². The fourth-order valence-corrected chi connectivity index (χ4v) is 7.91. The molecule has 260 valence electrons. The zero-order chi connectivity index (χ0) is 35.3. The van der Waals surface area contributed by atoms with E-state index in [-0.39, 0.29) is 79.3 Å². The first kappa shape index (κ1) is 33.1. The van der Waals surface area contributed by atoms with Crippen molar-refractivity contribution < 1.29 is 43.3 Å². The molecule has 4 heterocycles. The molecular weight excluding hydrogens is 673 g/mol. The summed E-state index contributed by atoms with van der Waals surface area (Å²) in [4.78, 5) is 79.6. The number of benzene rings is 2. The van der Waals surface area contributed by atoms with Crippen molar-refractivity contribution >= 4 is 58.2 Å². The highest BCUT2D eigenvalue weighted by atomic mass is 32.2. The summed E-state index contributed by atoms with van der Waals surface area (Å²) in [6, 6.07) is 10.8. The predicted molar refractivity (Wildman–Crippen MR) is 178 cm³/mol. The van der Waals surface area contributed by atoms with Gasteiger partial charge in [-0.15, -0.1) is 11.8 Å². The number of anilines is 1. The molecule has 3 N–H and O–H groups in total. The van der Waals surface area contributed by atoms with E-state index in [2.05, 4.69) is 5.32 Å². The van der Waals surface area contributed by atoms with E-state index in [9.17, 15) is 39.0 Å². The number of aliphatic carboxylic acids is 1. The third-order valence-electron chi connectivity index (χ3n) is 9.29. The van der Waals surface area contributed by atoms with Crippen LogP contribution in [0.5, 0.6) is 0 Å². The van der Waals surface area contributed by atoms with E-state index in [0.717, 1.165) is 29.4 Å². The largest absolute Gasteiger partial charge is 0.477 e. The number of pyridine rings is 1. The van der Waals surface area contributed by atoms with E-state index in [1.54, 1.807) is 39.8 Å². The maximum atomic E-state index is 15.4. The van der Waals surface area contributed by atoms with Crippen molar-refractivity contribution in [2.24, 2.45) is 0 Å². The molecule has 50 heavy (non-hydrogen) atoms. The topological polar surface area (TPSA) is 179 Å². The molecule has 2 aromatic carbocycles. The summed E-state index contributed by atoms with van der Waals surface area (Å²) >= 11 is 1.27. The van der Waals surface area contributed by atoms with Crippen LogP contribution < -0.4 is 15.6 Å². The number of thioether (sulfide) groups is 1. The van der Waals surface area contributed by atoms with Crippen molar-refractivity contribution in [3.63, 3.8) is 0 Å². The number of ether oxygens (including phenoxy) is 1. The zero-order valence-electron chi connectivity index (χ0n) is 26.5. The van der Waals surface area contributed by atoms with E-state index in [1.165, 1.54) is 22.9 Å². The van der Waals surface area contributed by atoms with E-state index in [1.807, 2.05) is 6.07 Å². The Hall–Kier alpha value is -5.38. The molecule has 3 amide bonds. The molecule has 7 rings (SSSR count). The number of carbonyl (C=O) groups excluding carboxylic acids is 3. The van der Waals surface area contributed by atoms with Gasteiger partial charge in [0.15, 0.2) is 0 Å². The summed E-state index contributed by atoms with van der Waals surface area (Å²) in [5.41, 5.74) is 0.264. The van der Waals surface area contributed by atoms with Gasteiger partial charge >= 0.3 is 18.0 Å². The van der Waals surface area contributed by atoms with Gasteiger partial charge in [-0.05, 0) is 30.5 Å². The van der Waals surface area contributed by atoms with Crippen LogP contribution in [-0.2, 0) is 25.5 Å². The van der Waals surface area contributed by atoms with Crippen molar-refractivity contribution in [1.29, 1.82) is 0 Å². The van der Waals surface area contributed by atoms with E-state index < -0.39 is 52.2 Å². The molecule has 1 saturated carbocycles. The maximum absolute atomic E-state index is 15.4. The van der Waals surface area contributed by atoms with Crippen LogP contribution in [0.3, 0.4) is 0 Å². The number of hydrogen-bond donors (Lipinski definition) is 3. The Bertz CT molecular complexity index is 2020. The molecule has 0 unspecified atom stereocenters. The van der Waals surface area contributed by atoms with Crippen LogP contribution >= 0.6 is 11.8 Å². The summed E-state index contributed by atoms with van der Waals surface area (Å²) in [7, 11) is 0. The number of nitrogens with one attached hydrogen (secondary N) is 1. The Morgan fingerprint density at radius 3 is 2.36 bits per heavy atom. The number of hydrogen-bond acceptors (Lipinski definition) is 9. The Morgan fingerprint density at radius 2 is 1.70 bits per heavy atom. The first-order valence-electron chi connectivity index (χ1n) is 16.0. The second-order valence-corrected chi connectivity index (χ2v) is 13.6. The number of carbonyl (C=O) groups is 5. The van der Waals surface area contributed by atoms with Crippen molar-refractivity contribution in [1.82, 2.24) is 19.7 Å². The fourth-order valence-electron chi connectivity index (χ4n) is 6.58. The number of fused-ring (bicyclic) bond motifs is 2. The van der Waals surface area contributed by atoms with Crippen LogP contribution in [0.15, 0.2) is 64.7 Å². The SMILES string of the molecule is O=C(Cc1ccccc1)N[C@@H]1C(=O)N2C(C(=O)O)=C(COC(=O)N3CCN(c4cc5c(cc4F)c(=O)c(C(=O)O)cn5C4CC4)CC3)CS[C@H]12. The molecule has 3 aromatic rings. The van der Waals surface area contributed by atoms with Crippen LogP contribution in [0, 0.1) is 5.82 Å². The molecule has 4 aliphatic rings. The van der Waals surface area contributed by atoms with Crippen LogP contribution in [-0.4, -0.2) is 104 Å². The molecule has 0 spiro atoms. The van der Waals surface area contributed by atoms with Gasteiger partial charge in [0.1, 0.15) is 35.1 Å². The summed E-state index contributed by atoms with van der Waals surface area (Å²) in [6.07, 6.45) is 2.33. The van der Waals surface area contributed by atoms with Crippen LogP contribution in [0.25, 0.3) is 10.9 Å². The predicted octanol–water partition coefficient (Wildman–Crippen LogP) is 2.41. The van der Waals surface area contributed by atoms with Gasteiger partial charge in [-0.3, -0.25) is 19.3 Å². The fraction of sp³-hybridized carbons (Fsp3) is 0.353. The average molecular weight is 706 g/mol. The van der Waals surface area contributed by atoms with Crippen LogP contribution in [0.4, 0.5) is 14.9 Å². The first-order valence-corrected chi connectivity index (χ1v) is 17.1. The normalized spacial score (nSPS) is 20.3. The number of piperazine rings is 1. The Balaban J connectivity index is 0.978. The van der Waals surface area contributed by atoms with E-state index in [0.29, 0.717) is 5.52 Å². The Labute approximate surface area is 288 Å². The van der Waals surface area contributed by atoms with Gasteiger partial charge in [-0.25, -0.2) is 18.8 Å². The lowest BCUT2D eigenvalue weighted by Crippen LogP contribution is -2.70. The summed E-state index contributed by atoms with van der Waals surface area (Å²) < 4.78 is 22.6. The second-order valence-electron chi connectivity index (χ2n) is 12.5. The highest BCUT2D eigenvalue weighted by Gasteiger charge is 2.54. The smallest absolute Gasteiger partial charge is 0.410 e. The molecule has 2 saturated heterocycles. The molecule has 1 aromatic heterocycles. The van der Waals surface area contributed by atoms with Crippen molar-refractivity contribution in [3.8, 4) is 0 Å². The lowest BCUT2D eigenvalue weighted by atomic mass is 10.0. The van der Waals surface area contributed by atoms with Crippen LogP contribution in [0.1, 0.15) is 34.8 Å². The summed E-state index contributed by atoms with van der Waals surface area (Å²) in [6.45, 7) is 0.448. The molecule has 1 aliphatic carbocycles. The second kappa shape index (κ2) is 13.2. The highest BCUT2D eigenvalue weighted by Crippen LogP contribution is 2.41. The Morgan fingerprint density at radius 1 is 0.980 bits per heavy atom. The summed E-state index contributed by atoms with van der Waals surface area (Å²) in [5.74, 6) is -4.14. The molecule has 3 aliphatic heterocycles. The quantitative estimate of drug-likeness (QED) is 0.279. The first-order chi connectivity index (χ1) is 24.0. The number of rotatable bonds is 9. The Kier molecular flexibility index (Phi) is 8.71. The third-order valence-corrected chi connectivity index (χ3v) is 10.6. The van der Waals surface area contributed by atoms with Gasteiger partial charge < -0.3 is 34.6 Å². The van der Waals surface area contributed by atoms with Crippen molar-refractivity contribution in [3.05, 3.63) is 87.1 Å². The van der Waals surface area contributed by atoms with Gasteiger partial charge in [0.05, 0.1) is 17.6 Å². The zero-order valence-corrected chi connectivity index (χ0v) is 27.4. The van der Waals surface area contributed by atoms with Gasteiger partial charge in [0.25, 0.3) is 5.91 Å². The van der Waals surface area contributed by atoms with Gasteiger partial charge in [-0.2, -0.15) is 0 Å². The average Bonchev–Trinajstić information content (AvgIpc) is 3.95. The number of nitrogens with zero attached hydrogens (tertiary/aromatic N) is 4. The lowest BCUT2D eigenvalue weighted by molar-refractivity contribution is -0.150. The minimum absolute atomic E-state index is 0.00856. The number of halogens is 1. The molecule has 16 heteroatoms. The van der Waals surface area contributed by atoms with Gasteiger partial charge in [-0.1, -0.05) is 30.3 Å². The summed E-state index contributed by atoms with van der Waals surface area (Å²) in [5, 5.41) is 21.6. The number of aromatic carboxylic acids is 1. The third kappa shape index (κ3) is 6.14. The van der Waals surface area contributed by atoms with Crippen molar-refractivity contribution in [2.45, 2.75) is 36.7 Å². The van der Waals surface area contributed by atoms with Crippen molar-refractivity contribution in [2.75, 3.05) is 43.4 Å². The minimum atomic E-state index is -1.37. The molecule has 2 atom stereocenters. The number of amides is 3. The van der Waals surface area contributed by atoms with Gasteiger partial charge in [0.2, 0.25) is 11.3 Å². The lowest BCUT2D eigenvalue weighted by Gasteiger charge is -2.49. The highest BCUT2D eigenvalue weighted by molar-refractivity contribution is 8.00. The number of aromatic nitrogens is 1. The minimum Gasteiger partial charge on any atom is -0.477 e. The van der Waals surface area contributed by atoms with Gasteiger partial charge in [0, 0.05) is 55.1 Å². The maximum Gasteiger partial charge on any atom is 0.410 e. The molecule has 3 fully saturated rings. The molecule has 0 radical (unpaired) electrons. The number of carboxylic acid groups (broad SMARTS) is 2. The molecule has 14 nitrogen and oxygen atoms in total.